The van der Waals surface area contributed by atoms with Gasteiger partial charge in [0.1, 0.15) is 11.6 Å². The first kappa shape index (κ1) is 24.5. The number of aryl methyl sites for hydroxylation is 1. The molecule has 0 fully saturated rings. The van der Waals surface area contributed by atoms with Crippen LogP contribution in [-0.2, 0) is 5.41 Å². The van der Waals surface area contributed by atoms with Crippen LogP contribution < -0.4 is 0 Å². The summed E-state index contributed by atoms with van der Waals surface area (Å²) in [6.45, 7) is 7.25. The summed E-state index contributed by atoms with van der Waals surface area (Å²) in [5, 5.41) is 11.4. The van der Waals surface area contributed by atoms with E-state index in [1.54, 1.807) is 92.9 Å². The Morgan fingerprint density at radius 1 is 0.672 bits per heavy atom. The van der Waals surface area contributed by atoms with Gasteiger partial charge < -0.3 is 5.11 Å². The second kappa shape index (κ2) is 15.2. The molecular weight excluding hydrogens is 707 g/mol. The van der Waals surface area contributed by atoms with E-state index in [0.29, 0.717) is 55.5 Å². The van der Waals surface area contributed by atoms with Crippen molar-refractivity contribution in [3.63, 3.8) is 0 Å². The van der Waals surface area contributed by atoms with E-state index in [1.807, 2.05) is 51.1 Å². The van der Waals surface area contributed by atoms with E-state index in [2.05, 4.69) is 4.98 Å². The number of para-hydroxylation sites is 2. The predicted octanol–water partition coefficient (Wildman–Crippen LogP) is 14.6. The molecule has 0 bridgehead atoms. The third kappa shape index (κ3) is 7.47. The molecule has 2 heterocycles. The first-order chi connectivity index (χ1) is 33.7. The van der Waals surface area contributed by atoms with Crippen molar-refractivity contribution >= 4 is 11.0 Å². The first-order valence-corrected chi connectivity index (χ1v) is 19.1. The van der Waals surface area contributed by atoms with Crippen molar-refractivity contribution in [2.45, 2.75) is 79.4 Å². The third-order valence-corrected chi connectivity index (χ3v) is 10.3. The molecule has 0 spiro atoms. The number of imidazole rings is 1. The Hall–Kier alpha value is -6.26. The Morgan fingerprint density at radius 2 is 1.40 bits per heavy atom. The maximum atomic E-state index is 11.4. The minimum atomic E-state index is -3.00. The summed E-state index contributed by atoms with van der Waals surface area (Å²) >= 11 is 0. The predicted molar refractivity (Wildman–Crippen MR) is 244 cm³/mol. The molecule has 0 radical (unpaired) electrons. The van der Waals surface area contributed by atoms with Gasteiger partial charge in [0.2, 0.25) is 0 Å². The van der Waals surface area contributed by atoms with Crippen LogP contribution in [0.25, 0.3) is 72.7 Å². The lowest BCUT2D eigenvalue weighted by molar-refractivity contribution is 0.477. The van der Waals surface area contributed by atoms with Crippen molar-refractivity contribution in [1.82, 2.24) is 14.5 Å². The number of hydrogen-bond acceptors (Lipinski definition) is 3. The number of fused-ring (bicyclic) bond motifs is 1. The molecule has 290 valence electrons. The number of aromatic nitrogens is 3. The molecule has 1 N–H and O–H groups in total. The maximum absolute atomic E-state index is 11.4. The van der Waals surface area contributed by atoms with E-state index < -0.39 is 90.0 Å². The number of phenols is 1. The molecule has 2 aromatic heterocycles. The van der Waals surface area contributed by atoms with Crippen LogP contribution >= 0.6 is 0 Å². The monoisotopic (exact) mass is 775 g/mol. The molecule has 4 nitrogen and oxygen atoms in total. The van der Waals surface area contributed by atoms with Gasteiger partial charge in [0, 0.05) is 28.3 Å². The van der Waals surface area contributed by atoms with E-state index >= 15 is 0 Å². The van der Waals surface area contributed by atoms with E-state index in [-0.39, 0.29) is 28.5 Å². The van der Waals surface area contributed by atoms with Gasteiger partial charge in [-0.25, -0.2) is 4.98 Å². The standard InChI is InChI=1S/C54H53N3O/c1-33(2)40-26-41(34(3)4)28-42(27-40)38-21-22-49(36(6)25-38)57-50-15-12-14-46(52(50)56-53(57)47-13-10-11-16-51(47)58)43-29-44(31-45(30-43)54(7,8)9)48-32-39(23-24-55-48)37-19-17-35(5)18-20-37/h10-34,58H,1-9H3/i5D3,6D3,17D,18D,19D,20D,23D,24D,32D,33D,34D. The zero-order chi connectivity index (χ0) is 53.8. The van der Waals surface area contributed by atoms with Gasteiger partial charge in [-0.2, -0.15) is 0 Å². The lowest BCUT2D eigenvalue weighted by Gasteiger charge is -2.22. The van der Waals surface area contributed by atoms with Crippen LogP contribution in [0.2, 0.25) is 0 Å². The normalized spacial score (nSPS) is 16.4. The molecule has 0 aliphatic heterocycles. The van der Waals surface area contributed by atoms with Gasteiger partial charge in [-0.05, 0) is 136 Å². The Kier molecular flexibility index (Phi) is 6.44. The summed E-state index contributed by atoms with van der Waals surface area (Å²) in [6, 6.07) is 23.6. The van der Waals surface area contributed by atoms with Gasteiger partial charge in [-0.15, -0.1) is 0 Å². The topological polar surface area (TPSA) is 50.9 Å². The lowest BCUT2D eigenvalue weighted by Crippen LogP contribution is -2.11. The highest BCUT2D eigenvalue weighted by Crippen LogP contribution is 2.41. The number of benzene rings is 6. The minimum Gasteiger partial charge on any atom is -0.507 e. The van der Waals surface area contributed by atoms with Crippen LogP contribution in [0.4, 0.5) is 0 Å². The Morgan fingerprint density at radius 3 is 2.09 bits per heavy atom. The van der Waals surface area contributed by atoms with E-state index in [1.165, 1.54) is 6.07 Å². The van der Waals surface area contributed by atoms with Crippen molar-refractivity contribution in [3.8, 4) is 67.5 Å². The molecule has 4 heteroatoms. The van der Waals surface area contributed by atoms with Gasteiger partial charge in [-0.1, -0.05) is 133 Å². The Bertz CT molecular complexity index is 3480. The average molecular weight is 775 g/mol. The summed E-state index contributed by atoms with van der Waals surface area (Å²) in [5.74, 6) is -1.94. The minimum absolute atomic E-state index is 0.0331. The number of phenolic OH excluding ortho intramolecular Hbond substituents is 1. The molecule has 0 saturated heterocycles. The van der Waals surface area contributed by atoms with Gasteiger partial charge in [0.15, 0.2) is 0 Å². The van der Waals surface area contributed by atoms with Crippen LogP contribution in [0.3, 0.4) is 0 Å². The van der Waals surface area contributed by atoms with E-state index in [9.17, 15) is 6.48 Å². The summed E-state index contributed by atoms with van der Waals surface area (Å²) in [4.78, 5) is 9.56. The molecule has 8 rings (SSSR count). The van der Waals surface area contributed by atoms with Crippen LogP contribution in [0.15, 0.2) is 139 Å². The smallest absolute Gasteiger partial charge is 0.149 e. The van der Waals surface area contributed by atoms with Gasteiger partial charge in [0.05, 0.1) is 37.6 Å². The number of aromatic hydroxyl groups is 1. The highest BCUT2D eigenvalue weighted by atomic mass is 16.3. The number of pyridine rings is 1. The zero-order valence-electron chi connectivity index (χ0n) is 48.5. The Balaban J connectivity index is 1.40. The Labute approximate surface area is 365 Å². The second-order valence-corrected chi connectivity index (χ2v) is 16.0. The third-order valence-electron chi connectivity index (χ3n) is 10.3. The number of nitrogens with zero attached hydrogens (tertiary/aromatic N) is 3. The molecule has 0 unspecified atom stereocenters. The van der Waals surface area contributed by atoms with Crippen LogP contribution in [0.1, 0.15) is 109 Å². The zero-order valence-corrected chi connectivity index (χ0v) is 33.5. The quantitative estimate of drug-likeness (QED) is 0.167. The SMILES string of the molecule is [2H]c1nc(-c2cc(-c3cccc4c3nc(-c3ccccc3O)n4-c3ccc(-c4cc(C([2H])(C)C)cc(C([2H])(C)C)c4)cc3C([2H])([2H])[2H])cc(C(C)(C)C)c2)c([2H])c(-c2c([2H])c([2H])c(C([2H])([2H])[2H])c([2H])c2[2H])c1[2H]. The van der Waals surface area contributed by atoms with Gasteiger partial charge >= 0.3 is 0 Å². The largest absolute Gasteiger partial charge is 0.507 e. The van der Waals surface area contributed by atoms with E-state index in [0.717, 1.165) is 5.56 Å². The van der Waals surface area contributed by atoms with Crippen molar-refractivity contribution in [2.75, 3.05) is 0 Å². The first-order valence-electron chi connectivity index (χ1n) is 26.6. The van der Waals surface area contributed by atoms with Crippen LogP contribution in [-0.4, -0.2) is 19.6 Å². The fraction of sp³-hybridized carbons (Fsp3) is 0.222. The molecule has 0 aliphatic carbocycles. The number of rotatable bonds is 8. The lowest BCUT2D eigenvalue weighted by atomic mass is 9.83. The fourth-order valence-electron chi connectivity index (χ4n) is 7.07. The summed E-state index contributed by atoms with van der Waals surface area (Å²) in [6.07, 6.45) is -0.627. The summed E-state index contributed by atoms with van der Waals surface area (Å²) in [7, 11) is 0. The maximum Gasteiger partial charge on any atom is 0.149 e. The molecule has 0 amide bonds. The van der Waals surface area contributed by atoms with Crippen molar-refractivity contribution in [3.05, 3.63) is 167 Å². The summed E-state index contributed by atoms with van der Waals surface area (Å²) < 4.78 is 132. The molecule has 8 aromatic rings. The molecule has 0 saturated carbocycles. The molecule has 0 atom stereocenters. The van der Waals surface area contributed by atoms with Crippen LogP contribution in [0, 0.1) is 13.7 Å². The molecule has 58 heavy (non-hydrogen) atoms. The van der Waals surface area contributed by atoms with Crippen molar-refractivity contribution in [1.29, 1.82) is 0 Å². The molecule has 6 aromatic carbocycles. The molecular formula is C54H53N3O. The van der Waals surface area contributed by atoms with E-state index in [4.69, 9.17) is 24.2 Å². The fourth-order valence-corrected chi connectivity index (χ4v) is 7.07. The highest BCUT2D eigenvalue weighted by Gasteiger charge is 2.23. The van der Waals surface area contributed by atoms with Crippen molar-refractivity contribution in [2.24, 2.45) is 0 Å². The van der Waals surface area contributed by atoms with Gasteiger partial charge in [-0.3, -0.25) is 9.55 Å². The highest BCUT2D eigenvalue weighted by molar-refractivity contribution is 5.97. The summed E-state index contributed by atoms with van der Waals surface area (Å²) in [5.41, 5.74) is 3.60. The second-order valence-electron chi connectivity index (χ2n) is 16.0. The van der Waals surface area contributed by atoms with Crippen molar-refractivity contribution < 1.29 is 25.7 Å². The van der Waals surface area contributed by atoms with Crippen LogP contribution in [0.5, 0.6) is 5.75 Å². The van der Waals surface area contributed by atoms with Gasteiger partial charge in [0.25, 0.3) is 0 Å². The number of hydrogen-bond donors (Lipinski definition) is 1. The molecule has 0 aliphatic rings. The average Bonchev–Trinajstić information content (AvgIpc) is 3.68.